The number of furan rings is 1. The fourth-order valence-electron chi connectivity index (χ4n) is 4.65. The summed E-state index contributed by atoms with van der Waals surface area (Å²) in [7, 11) is -1.60. The lowest BCUT2D eigenvalue weighted by molar-refractivity contribution is -0.130. The molecule has 6 heteroatoms. The minimum absolute atomic E-state index is 0.0230. The molecule has 2 aromatic rings. The molecule has 3 aliphatic rings. The third-order valence-electron chi connectivity index (χ3n) is 6.07. The zero-order valence-electron chi connectivity index (χ0n) is 14.2. The van der Waals surface area contributed by atoms with Gasteiger partial charge in [0.05, 0.1) is 12.2 Å². The van der Waals surface area contributed by atoms with E-state index in [4.69, 9.17) is 4.42 Å². The highest BCUT2D eigenvalue weighted by Crippen LogP contribution is 2.45. The molecule has 1 aromatic carbocycles. The molecular formula is C19H24BNO4. The van der Waals surface area contributed by atoms with Crippen LogP contribution in [-0.2, 0) is 11.2 Å². The summed E-state index contributed by atoms with van der Waals surface area (Å²) in [6, 6.07) is 7.63. The Balaban J connectivity index is 1.47. The van der Waals surface area contributed by atoms with Crippen molar-refractivity contribution in [2.24, 2.45) is 17.8 Å². The van der Waals surface area contributed by atoms with Crippen LogP contribution in [0.5, 0.6) is 0 Å². The van der Waals surface area contributed by atoms with Crippen molar-refractivity contribution in [2.75, 3.05) is 0 Å². The number of nitrogens with one attached hydrogen (secondary N) is 1. The lowest BCUT2D eigenvalue weighted by atomic mass is 9.64. The van der Waals surface area contributed by atoms with Crippen LogP contribution in [0.2, 0.25) is 0 Å². The van der Waals surface area contributed by atoms with E-state index >= 15 is 0 Å². The zero-order valence-corrected chi connectivity index (χ0v) is 14.2. The van der Waals surface area contributed by atoms with Gasteiger partial charge in [0.15, 0.2) is 0 Å². The van der Waals surface area contributed by atoms with Gasteiger partial charge in [0.25, 0.3) is 0 Å². The molecule has 3 fully saturated rings. The zero-order chi connectivity index (χ0) is 17.4. The normalized spacial score (nSPS) is 26.6. The van der Waals surface area contributed by atoms with Crippen LogP contribution in [0.1, 0.15) is 37.7 Å². The summed E-state index contributed by atoms with van der Waals surface area (Å²) in [4.78, 5) is 12.7. The number of hydrogen-bond acceptors (Lipinski definition) is 4. The van der Waals surface area contributed by atoms with Crippen molar-refractivity contribution in [3.8, 4) is 0 Å². The first kappa shape index (κ1) is 16.7. The van der Waals surface area contributed by atoms with Crippen molar-refractivity contribution in [3.63, 3.8) is 0 Å². The van der Waals surface area contributed by atoms with Gasteiger partial charge in [-0.15, -0.1) is 0 Å². The summed E-state index contributed by atoms with van der Waals surface area (Å²) in [5.41, 5.74) is 1.64. The van der Waals surface area contributed by atoms with Gasteiger partial charge in [0, 0.05) is 11.3 Å². The molecule has 0 aliphatic heterocycles. The van der Waals surface area contributed by atoms with Crippen LogP contribution in [0.3, 0.4) is 0 Å². The number of hydrogen-bond donors (Lipinski definition) is 3. The van der Waals surface area contributed by atoms with Crippen LogP contribution in [0.4, 0.5) is 0 Å². The molecule has 2 atom stereocenters. The molecule has 1 amide bonds. The van der Waals surface area contributed by atoms with Crippen LogP contribution in [0.15, 0.2) is 34.9 Å². The largest absolute Gasteiger partial charge is 0.475 e. The second-order valence-corrected chi connectivity index (χ2v) is 7.61. The van der Waals surface area contributed by atoms with Gasteiger partial charge in [0.1, 0.15) is 5.58 Å². The third-order valence-corrected chi connectivity index (χ3v) is 6.07. The second-order valence-electron chi connectivity index (χ2n) is 7.61. The number of carbonyl (C=O) groups excluding carboxylic acids is 1. The number of fused-ring (bicyclic) bond motifs is 4. The van der Waals surface area contributed by atoms with Gasteiger partial charge in [-0.3, -0.25) is 4.79 Å². The number of para-hydroxylation sites is 1. The molecule has 0 radical (unpaired) electrons. The van der Waals surface area contributed by atoms with E-state index in [9.17, 15) is 14.8 Å². The molecule has 5 rings (SSSR count). The van der Waals surface area contributed by atoms with Gasteiger partial charge in [-0.05, 0) is 49.1 Å². The highest BCUT2D eigenvalue weighted by atomic mass is 16.4. The number of amides is 1. The monoisotopic (exact) mass is 341 g/mol. The average Bonchev–Trinajstić information content (AvgIpc) is 3.05. The Morgan fingerprint density at radius 1 is 1.24 bits per heavy atom. The van der Waals surface area contributed by atoms with E-state index in [0.717, 1.165) is 35.8 Å². The minimum atomic E-state index is -1.60. The minimum Gasteiger partial charge on any atom is -0.464 e. The standard InChI is InChI=1S/C19H24BNO4/c22-19(16-9-12-5-7-13(16)8-6-12)21-18(20(23)24)10-14-11-25-17-4-2-1-3-15(14)17/h1-4,11-13,16,18,23-24H,5-10H2,(H,21,22)/t12-,13+,16-,18+/m1/s1. The Kier molecular flexibility index (Phi) is 4.57. The van der Waals surface area contributed by atoms with Crippen LogP contribution in [0.25, 0.3) is 11.0 Å². The lowest BCUT2D eigenvalue weighted by Crippen LogP contribution is -2.52. The van der Waals surface area contributed by atoms with E-state index in [1.54, 1.807) is 6.26 Å². The van der Waals surface area contributed by atoms with Gasteiger partial charge >= 0.3 is 7.12 Å². The average molecular weight is 341 g/mol. The molecule has 0 unspecified atom stereocenters. The summed E-state index contributed by atoms with van der Waals surface area (Å²) < 4.78 is 5.52. The van der Waals surface area contributed by atoms with Crippen LogP contribution < -0.4 is 5.32 Å². The SMILES string of the molecule is O=C(N[C@@H](Cc1coc2ccccc12)B(O)O)[C@@H]1C[C@H]2CC[C@@H]1CC2. The van der Waals surface area contributed by atoms with E-state index in [1.807, 2.05) is 24.3 Å². The maximum Gasteiger partial charge on any atom is 0.475 e. The Morgan fingerprint density at radius 3 is 2.68 bits per heavy atom. The Hall–Kier alpha value is -1.79. The molecule has 25 heavy (non-hydrogen) atoms. The second kappa shape index (κ2) is 6.85. The molecule has 0 saturated heterocycles. The Morgan fingerprint density at radius 2 is 2.00 bits per heavy atom. The van der Waals surface area contributed by atoms with Crippen LogP contribution >= 0.6 is 0 Å². The predicted molar refractivity (Wildman–Crippen MR) is 95.6 cm³/mol. The van der Waals surface area contributed by atoms with Crippen molar-refractivity contribution < 1.29 is 19.3 Å². The van der Waals surface area contributed by atoms with Gasteiger partial charge in [0.2, 0.25) is 5.91 Å². The number of rotatable bonds is 5. The lowest BCUT2D eigenvalue weighted by Gasteiger charge is -2.41. The summed E-state index contributed by atoms with van der Waals surface area (Å²) in [5.74, 6) is 0.386. The van der Waals surface area contributed by atoms with Gasteiger partial charge in [-0.25, -0.2) is 0 Å². The summed E-state index contributed by atoms with van der Waals surface area (Å²) in [6.07, 6.45) is 7.64. The van der Waals surface area contributed by atoms with Crippen molar-refractivity contribution in [3.05, 3.63) is 36.1 Å². The smallest absolute Gasteiger partial charge is 0.464 e. The van der Waals surface area contributed by atoms with Crippen LogP contribution in [-0.4, -0.2) is 29.0 Å². The molecule has 3 N–H and O–H groups in total. The Labute approximate surface area is 147 Å². The van der Waals surface area contributed by atoms with Gasteiger partial charge < -0.3 is 19.8 Å². The van der Waals surface area contributed by atoms with E-state index in [1.165, 1.54) is 12.8 Å². The van der Waals surface area contributed by atoms with E-state index < -0.39 is 13.1 Å². The quantitative estimate of drug-likeness (QED) is 0.729. The highest BCUT2D eigenvalue weighted by Gasteiger charge is 2.40. The molecule has 3 aliphatic carbocycles. The van der Waals surface area contributed by atoms with Crippen molar-refractivity contribution in [1.29, 1.82) is 0 Å². The summed E-state index contributed by atoms with van der Waals surface area (Å²) >= 11 is 0. The maximum absolute atomic E-state index is 12.7. The molecule has 3 saturated carbocycles. The fraction of sp³-hybridized carbons (Fsp3) is 0.526. The first-order valence-corrected chi connectivity index (χ1v) is 9.23. The molecule has 132 valence electrons. The number of benzene rings is 1. The Bertz CT molecular complexity index is 751. The topological polar surface area (TPSA) is 82.7 Å². The van der Waals surface area contributed by atoms with Crippen molar-refractivity contribution >= 4 is 24.0 Å². The molecule has 0 spiro atoms. The molecule has 2 bridgehead atoms. The van der Waals surface area contributed by atoms with E-state index in [0.29, 0.717) is 18.3 Å². The number of carbonyl (C=O) groups is 1. The molecular weight excluding hydrogens is 317 g/mol. The maximum atomic E-state index is 12.7. The van der Waals surface area contributed by atoms with E-state index in [2.05, 4.69) is 5.32 Å². The molecule has 5 nitrogen and oxygen atoms in total. The van der Waals surface area contributed by atoms with Crippen molar-refractivity contribution in [2.45, 2.75) is 44.5 Å². The summed E-state index contributed by atoms with van der Waals surface area (Å²) in [6.45, 7) is 0. The van der Waals surface area contributed by atoms with Crippen molar-refractivity contribution in [1.82, 2.24) is 5.32 Å². The van der Waals surface area contributed by atoms with Gasteiger partial charge in [-0.1, -0.05) is 31.0 Å². The van der Waals surface area contributed by atoms with E-state index in [-0.39, 0.29) is 11.8 Å². The molecule has 1 aromatic heterocycles. The predicted octanol–water partition coefficient (Wildman–Crippen LogP) is 2.30. The first-order chi connectivity index (χ1) is 12.1. The molecule has 1 heterocycles. The third kappa shape index (κ3) is 3.33. The fourth-order valence-corrected chi connectivity index (χ4v) is 4.65. The first-order valence-electron chi connectivity index (χ1n) is 9.23. The highest BCUT2D eigenvalue weighted by molar-refractivity contribution is 6.43. The van der Waals surface area contributed by atoms with Gasteiger partial charge in [-0.2, -0.15) is 0 Å². The van der Waals surface area contributed by atoms with Crippen LogP contribution in [0, 0.1) is 17.8 Å². The summed E-state index contributed by atoms with van der Waals surface area (Å²) in [5, 5.41) is 23.4.